The number of hydrogen-bond acceptors (Lipinski definition) is 8. The van der Waals surface area contributed by atoms with Crippen molar-refractivity contribution < 1.29 is 33.1 Å². The van der Waals surface area contributed by atoms with Crippen molar-refractivity contribution in [2.45, 2.75) is 19.0 Å². The van der Waals surface area contributed by atoms with Gasteiger partial charge >= 0.3 is 11.9 Å². The number of carbonyl (C=O) groups is 4. The molecule has 1 N–H and O–H groups in total. The third-order valence-corrected chi connectivity index (χ3v) is 6.06. The van der Waals surface area contributed by atoms with Crippen LogP contribution in [0.1, 0.15) is 31.4 Å². The van der Waals surface area contributed by atoms with Crippen molar-refractivity contribution in [2.24, 2.45) is 0 Å². The number of nitrogens with one attached hydrogen (secondary N) is 1. The maximum atomic E-state index is 13.0. The zero-order valence-electron chi connectivity index (χ0n) is 17.6. The van der Waals surface area contributed by atoms with Crippen LogP contribution in [0.3, 0.4) is 0 Å². The first kappa shape index (κ1) is 22.3. The maximum absolute atomic E-state index is 13.0. The van der Waals surface area contributed by atoms with Crippen molar-refractivity contribution in [3.8, 4) is 0 Å². The molecule has 0 aliphatic carbocycles. The zero-order chi connectivity index (χ0) is 23.4. The molecule has 170 valence electrons. The molecule has 0 saturated carbocycles. The van der Waals surface area contributed by atoms with Gasteiger partial charge < -0.3 is 24.1 Å². The summed E-state index contributed by atoms with van der Waals surface area (Å²) in [5, 5.41) is 4.16. The second-order valence-electron chi connectivity index (χ2n) is 7.21. The van der Waals surface area contributed by atoms with E-state index in [0.29, 0.717) is 0 Å². The van der Waals surface area contributed by atoms with Gasteiger partial charge in [0, 0.05) is 13.0 Å². The Hall–Kier alpha value is -3.92. The standard InChI is InChI=1S/C23H20N2O7S/c1-30-23(29)20-16(8-10-33-20)24-19(26)13-32-22(28)17-11-14-5-2-3-6-15(14)12-25(17)21(27)18-7-4-9-31-18/h2-10,17H,11-13H2,1H3,(H,24,26)/t17-/m0/s1. The summed E-state index contributed by atoms with van der Waals surface area (Å²) in [6.45, 7) is -0.366. The van der Waals surface area contributed by atoms with E-state index in [2.05, 4.69) is 10.1 Å². The number of esters is 2. The van der Waals surface area contributed by atoms with Gasteiger partial charge in [0.15, 0.2) is 12.4 Å². The van der Waals surface area contributed by atoms with Crippen molar-refractivity contribution in [3.63, 3.8) is 0 Å². The number of fused-ring (bicyclic) bond motifs is 1. The second-order valence-corrected chi connectivity index (χ2v) is 8.13. The topological polar surface area (TPSA) is 115 Å². The minimum atomic E-state index is -0.919. The Bertz CT molecular complexity index is 1190. The van der Waals surface area contributed by atoms with Crippen molar-refractivity contribution in [2.75, 3.05) is 19.0 Å². The number of benzene rings is 1. The molecular weight excluding hydrogens is 448 g/mol. The van der Waals surface area contributed by atoms with Crippen molar-refractivity contribution in [3.05, 3.63) is 75.9 Å². The summed E-state index contributed by atoms with van der Waals surface area (Å²) >= 11 is 1.12. The van der Waals surface area contributed by atoms with E-state index in [1.165, 1.54) is 24.3 Å². The summed E-state index contributed by atoms with van der Waals surface area (Å²) in [4.78, 5) is 51.6. The van der Waals surface area contributed by atoms with Gasteiger partial charge in [-0.3, -0.25) is 9.59 Å². The van der Waals surface area contributed by atoms with E-state index >= 15 is 0 Å². The molecule has 33 heavy (non-hydrogen) atoms. The number of thiophene rings is 1. The number of furan rings is 1. The molecule has 2 aromatic heterocycles. The van der Waals surface area contributed by atoms with Gasteiger partial charge in [0.1, 0.15) is 10.9 Å². The molecule has 1 aliphatic heterocycles. The Balaban J connectivity index is 1.45. The zero-order valence-corrected chi connectivity index (χ0v) is 18.4. The first-order chi connectivity index (χ1) is 16.0. The van der Waals surface area contributed by atoms with Crippen molar-refractivity contribution >= 4 is 40.8 Å². The fraction of sp³-hybridized carbons (Fsp3) is 0.217. The van der Waals surface area contributed by atoms with Gasteiger partial charge in [0.05, 0.1) is 19.1 Å². The van der Waals surface area contributed by atoms with E-state index in [4.69, 9.17) is 9.15 Å². The monoisotopic (exact) mass is 468 g/mol. The lowest BCUT2D eigenvalue weighted by Crippen LogP contribution is -2.49. The molecule has 3 heterocycles. The van der Waals surface area contributed by atoms with Crippen LogP contribution < -0.4 is 5.32 Å². The highest BCUT2D eigenvalue weighted by Crippen LogP contribution is 2.26. The number of hydrogen-bond donors (Lipinski definition) is 1. The molecule has 0 fully saturated rings. The number of ether oxygens (including phenoxy) is 2. The molecule has 1 aliphatic rings. The lowest BCUT2D eigenvalue weighted by atomic mass is 9.93. The molecule has 1 atom stereocenters. The molecule has 10 heteroatoms. The van der Waals surface area contributed by atoms with Gasteiger partial charge in [-0.2, -0.15) is 0 Å². The van der Waals surface area contributed by atoms with E-state index in [0.717, 1.165) is 22.5 Å². The van der Waals surface area contributed by atoms with E-state index in [1.807, 2.05) is 24.3 Å². The molecule has 0 saturated heterocycles. The van der Waals surface area contributed by atoms with Gasteiger partial charge in [-0.15, -0.1) is 11.3 Å². The minimum Gasteiger partial charge on any atom is -0.465 e. The van der Waals surface area contributed by atoms with Gasteiger partial charge in [0.2, 0.25) is 0 Å². The van der Waals surface area contributed by atoms with Crippen LogP contribution >= 0.6 is 11.3 Å². The van der Waals surface area contributed by atoms with Crippen molar-refractivity contribution in [1.29, 1.82) is 0 Å². The van der Waals surface area contributed by atoms with Crippen LogP contribution in [0.4, 0.5) is 5.69 Å². The lowest BCUT2D eigenvalue weighted by Gasteiger charge is -2.34. The lowest BCUT2D eigenvalue weighted by molar-refractivity contribution is -0.152. The molecule has 0 bridgehead atoms. The highest BCUT2D eigenvalue weighted by molar-refractivity contribution is 7.12. The average Bonchev–Trinajstić information content (AvgIpc) is 3.53. The summed E-state index contributed by atoms with van der Waals surface area (Å²) in [7, 11) is 1.24. The molecule has 1 aromatic carbocycles. The smallest absolute Gasteiger partial charge is 0.350 e. The first-order valence-electron chi connectivity index (χ1n) is 10.0. The predicted octanol–water partition coefficient (Wildman–Crippen LogP) is 2.88. The number of rotatable bonds is 6. The molecular formula is C23H20N2O7S. The highest BCUT2D eigenvalue weighted by Gasteiger charge is 2.37. The number of nitrogens with zero attached hydrogens (tertiary/aromatic N) is 1. The van der Waals surface area contributed by atoms with Crippen LogP contribution in [-0.2, 0) is 32.0 Å². The first-order valence-corrected chi connectivity index (χ1v) is 10.9. The minimum absolute atomic E-state index is 0.109. The molecule has 9 nitrogen and oxygen atoms in total. The van der Waals surface area contributed by atoms with Crippen LogP contribution in [-0.4, -0.2) is 48.4 Å². The summed E-state index contributed by atoms with van der Waals surface area (Å²) < 4.78 is 15.1. The number of carbonyl (C=O) groups excluding carboxylic acids is 4. The maximum Gasteiger partial charge on any atom is 0.350 e. The SMILES string of the molecule is COC(=O)c1sccc1NC(=O)COC(=O)[C@@H]1Cc2ccccc2CN1C(=O)c1ccco1. The van der Waals surface area contributed by atoms with Crippen LogP contribution in [0.15, 0.2) is 58.5 Å². The molecule has 0 spiro atoms. The summed E-state index contributed by atoms with van der Waals surface area (Å²) in [5.74, 6) is -2.24. The Labute approximate surface area is 192 Å². The molecule has 3 aromatic rings. The molecule has 0 radical (unpaired) electrons. The quantitative estimate of drug-likeness (QED) is 0.553. The van der Waals surface area contributed by atoms with E-state index < -0.39 is 36.4 Å². The number of anilines is 1. The summed E-state index contributed by atoms with van der Waals surface area (Å²) in [6, 6.07) is 11.3. The van der Waals surface area contributed by atoms with E-state index in [1.54, 1.807) is 17.5 Å². The Morgan fingerprint density at radius 3 is 2.64 bits per heavy atom. The fourth-order valence-electron chi connectivity index (χ4n) is 3.57. The van der Waals surface area contributed by atoms with Crippen LogP contribution in [0.25, 0.3) is 0 Å². The Morgan fingerprint density at radius 1 is 1.12 bits per heavy atom. The largest absolute Gasteiger partial charge is 0.465 e. The van der Waals surface area contributed by atoms with Gasteiger partial charge in [-0.1, -0.05) is 24.3 Å². The highest BCUT2D eigenvalue weighted by atomic mass is 32.1. The summed E-state index contributed by atoms with van der Waals surface area (Å²) in [5.41, 5.74) is 2.12. The van der Waals surface area contributed by atoms with E-state index in [9.17, 15) is 19.2 Å². The third-order valence-electron chi connectivity index (χ3n) is 5.17. The van der Waals surface area contributed by atoms with E-state index in [-0.39, 0.29) is 29.3 Å². The number of methoxy groups -OCH3 is 1. The van der Waals surface area contributed by atoms with Crippen molar-refractivity contribution in [1.82, 2.24) is 4.90 Å². The Kier molecular flexibility index (Phi) is 6.55. The fourth-order valence-corrected chi connectivity index (χ4v) is 4.33. The summed E-state index contributed by atoms with van der Waals surface area (Å²) in [6.07, 6.45) is 1.63. The van der Waals surface area contributed by atoms with Gasteiger partial charge in [-0.25, -0.2) is 9.59 Å². The predicted molar refractivity (Wildman–Crippen MR) is 118 cm³/mol. The van der Waals surface area contributed by atoms with Crippen LogP contribution in [0.2, 0.25) is 0 Å². The normalized spacial score (nSPS) is 14.8. The van der Waals surface area contributed by atoms with Gasteiger partial charge in [-0.05, 0) is 34.7 Å². The van der Waals surface area contributed by atoms with Crippen LogP contribution in [0.5, 0.6) is 0 Å². The van der Waals surface area contributed by atoms with Gasteiger partial charge in [0.25, 0.3) is 11.8 Å². The second kappa shape index (κ2) is 9.70. The Morgan fingerprint density at radius 2 is 1.91 bits per heavy atom. The molecule has 2 amide bonds. The van der Waals surface area contributed by atoms with Crippen LogP contribution in [0, 0.1) is 0 Å². The third kappa shape index (κ3) is 4.80. The average molecular weight is 468 g/mol. The molecule has 4 rings (SSSR count). The number of amides is 2. The molecule has 0 unspecified atom stereocenters.